The van der Waals surface area contributed by atoms with Crippen LogP contribution in [-0.2, 0) is 10.0 Å². The van der Waals surface area contributed by atoms with Crippen LogP contribution in [0, 0.1) is 10.1 Å². The number of nitrogens with zero attached hydrogens (tertiary/aromatic N) is 1. The van der Waals surface area contributed by atoms with E-state index in [0.717, 1.165) is 0 Å². The lowest BCUT2D eigenvalue weighted by Crippen LogP contribution is -2.16. The van der Waals surface area contributed by atoms with Crippen molar-refractivity contribution in [3.63, 3.8) is 0 Å². The van der Waals surface area contributed by atoms with E-state index in [1.54, 1.807) is 6.92 Å². The fraction of sp³-hybridized carbons (Fsp3) is 0.333. The Balaban J connectivity index is 3.11. The van der Waals surface area contributed by atoms with Gasteiger partial charge in [-0.2, -0.15) is 0 Å². The summed E-state index contributed by atoms with van der Waals surface area (Å²) in [5, 5.41) is 10.8. The van der Waals surface area contributed by atoms with Crippen molar-refractivity contribution in [3.05, 3.63) is 32.8 Å². The second-order valence-corrected chi connectivity index (χ2v) is 6.10. The van der Waals surface area contributed by atoms with Crippen molar-refractivity contribution in [3.8, 4) is 0 Å². The average molecular weight is 323 g/mol. The first-order valence-corrected chi connectivity index (χ1v) is 7.24. The zero-order chi connectivity index (χ0) is 13.1. The van der Waals surface area contributed by atoms with E-state index in [9.17, 15) is 18.5 Å². The predicted molar refractivity (Wildman–Crippen MR) is 68.5 cm³/mol. The monoisotopic (exact) mass is 322 g/mol. The van der Waals surface area contributed by atoms with Gasteiger partial charge in [-0.25, -0.2) is 8.42 Å². The number of hydrogen-bond acceptors (Lipinski definition) is 4. The molecule has 94 valence electrons. The summed E-state index contributed by atoms with van der Waals surface area (Å²) < 4.78 is 25.8. The topological polar surface area (TPSA) is 89.3 Å². The Morgan fingerprint density at radius 3 is 2.65 bits per heavy atom. The Hall–Kier alpha value is -1.15. The molecule has 6 nitrogen and oxygen atoms in total. The second-order valence-electron chi connectivity index (χ2n) is 3.34. The molecule has 0 radical (unpaired) electrons. The Morgan fingerprint density at radius 1 is 1.47 bits per heavy atom. The number of nitrogens with one attached hydrogen (secondary N) is 1. The number of anilines is 1. The molecule has 0 fully saturated rings. The van der Waals surface area contributed by atoms with E-state index in [2.05, 4.69) is 20.7 Å². The maximum atomic E-state index is 11.5. The molecule has 0 bridgehead atoms. The zero-order valence-electron chi connectivity index (χ0n) is 9.01. The lowest BCUT2D eigenvalue weighted by molar-refractivity contribution is -0.384. The van der Waals surface area contributed by atoms with Crippen LogP contribution >= 0.6 is 15.9 Å². The van der Waals surface area contributed by atoms with Gasteiger partial charge in [-0.1, -0.05) is 22.9 Å². The Bertz CT molecular complexity index is 530. The summed E-state index contributed by atoms with van der Waals surface area (Å²) in [5.74, 6) is -0.0692. The number of halogens is 1. The van der Waals surface area contributed by atoms with Crippen molar-refractivity contribution in [1.29, 1.82) is 0 Å². The van der Waals surface area contributed by atoms with E-state index in [-0.39, 0.29) is 17.1 Å². The maximum Gasteiger partial charge on any atom is 0.294 e. The molecule has 0 atom stereocenters. The van der Waals surface area contributed by atoms with Crippen LogP contribution in [0.15, 0.2) is 22.7 Å². The first kappa shape index (κ1) is 13.9. The van der Waals surface area contributed by atoms with Crippen LogP contribution in [0.4, 0.5) is 11.4 Å². The highest BCUT2D eigenvalue weighted by atomic mass is 79.9. The number of nitro benzene ring substituents is 1. The molecule has 0 spiro atoms. The van der Waals surface area contributed by atoms with Crippen LogP contribution in [0.1, 0.15) is 13.3 Å². The molecular weight excluding hydrogens is 312 g/mol. The van der Waals surface area contributed by atoms with Crippen molar-refractivity contribution < 1.29 is 13.3 Å². The lowest BCUT2D eigenvalue weighted by atomic mass is 10.3. The smallest absolute Gasteiger partial charge is 0.277 e. The molecular formula is C9H11BrN2O4S. The molecule has 1 aromatic rings. The third kappa shape index (κ3) is 3.97. The molecule has 0 unspecified atom stereocenters. The van der Waals surface area contributed by atoms with Crippen molar-refractivity contribution >= 4 is 37.3 Å². The molecule has 1 rings (SSSR count). The van der Waals surface area contributed by atoms with Gasteiger partial charge in [0.05, 0.1) is 10.7 Å². The van der Waals surface area contributed by atoms with E-state index in [1.165, 1.54) is 18.2 Å². The SMILES string of the molecule is CCCS(=O)(=O)Nc1ccc(Br)cc1[N+](=O)[O-]. The largest absolute Gasteiger partial charge is 0.294 e. The van der Waals surface area contributed by atoms with Gasteiger partial charge in [-0.15, -0.1) is 0 Å². The van der Waals surface area contributed by atoms with E-state index >= 15 is 0 Å². The van der Waals surface area contributed by atoms with Crippen LogP contribution in [0.3, 0.4) is 0 Å². The molecule has 0 amide bonds. The minimum atomic E-state index is -3.52. The molecule has 1 aromatic carbocycles. The zero-order valence-corrected chi connectivity index (χ0v) is 11.4. The lowest BCUT2D eigenvalue weighted by Gasteiger charge is -2.07. The Labute approximate surface area is 107 Å². The minimum Gasteiger partial charge on any atom is -0.277 e. The number of sulfonamides is 1. The summed E-state index contributed by atoms with van der Waals surface area (Å²) in [6.07, 6.45) is 0.444. The van der Waals surface area contributed by atoms with Gasteiger partial charge in [0.15, 0.2) is 0 Å². The number of rotatable bonds is 5. The fourth-order valence-corrected chi connectivity index (χ4v) is 2.73. The van der Waals surface area contributed by atoms with Gasteiger partial charge in [0.1, 0.15) is 5.69 Å². The van der Waals surface area contributed by atoms with Crippen molar-refractivity contribution in [2.45, 2.75) is 13.3 Å². The molecule has 17 heavy (non-hydrogen) atoms. The van der Waals surface area contributed by atoms with Crippen LogP contribution in [0.25, 0.3) is 0 Å². The van der Waals surface area contributed by atoms with Gasteiger partial charge in [0, 0.05) is 10.5 Å². The standard InChI is InChI=1S/C9H11BrN2O4S/c1-2-5-17(15,16)11-8-4-3-7(10)6-9(8)12(13)14/h3-4,6,11H,2,5H2,1H3. The molecule has 0 saturated heterocycles. The minimum absolute atomic E-state index is 0.0216. The van der Waals surface area contributed by atoms with Crippen LogP contribution in [0.5, 0.6) is 0 Å². The molecule has 0 aromatic heterocycles. The van der Waals surface area contributed by atoms with Gasteiger partial charge in [0.25, 0.3) is 5.69 Å². The van der Waals surface area contributed by atoms with Gasteiger partial charge < -0.3 is 0 Å². The van der Waals surface area contributed by atoms with E-state index < -0.39 is 14.9 Å². The highest BCUT2D eigenvalue weighted by molar-refractivity contribution is 9.10. The van der Waals surface area contributed by atoms with Crippen LogP contribution < -0.4 is 4.72 Å². The first-order valence-electron chi connectivity index (χ1n) is 4.80. The van der Waals surface area contributed by atoms with Crippen LogP contribution in [-0.4, -0.2) is 19.1 Å². The Kier molecular flexibility index (Phi) is 4.47. The van der Waals surface area contributed by atoms with Gasteiger partial charge in [0.2, 0.25) is 10.0 Å². The molecule has 0 heterocycles. The molecule has 0 aliphatic carbocycles. The van der Waals surface area contributed by atoms with Gasteiger partial charge in [-0.05, 0) is 18.6 Å². The number of nitro groups is 1. The van der Waals surface area contributed by atoms with Gasteiger partial charge >= 0.3 is 0 Å². The molecule has 0 aliphatic heterocycles. The normalized spacial score (nSPS) is 11.2. The molecule has 0 aliphatic rings. The number of benzene rings is 1. The highest BCUT2D eigenvalue weighted by Crippen LogP contribution is 2.28. The summed E-state index contributed by atoms with van der Waals surface area (Å²) in [7, 11) is -3.52. The van der Waals surface area contributed by atoms with Crippen molar-refractivity contribution in [1.82, 2.24) is 0 Å². The predicted octanol–water partition coefficient (Wildman–Crippen LogP) is 2.51. The van der Waals surface area contributed by atoms with Crippen molar-refractivity contribution in [2.75, 3.05) is 10.5 Å². The average Bonchev–Trinajstić information content (AvgIpc) is 2.20. The molecule has 0 saturated carbocycles. The van der Waals surface area contributed by atoms with Crippen molar-refractivity contribution in [2.24, 2.45) is 0 Å². The molecule has 8 heteroatoms. The van der Waals surface area contributed by atoms with E-state index in [1.807, 2.05) is 0 Å². The maximum absolute atomic E-state index is 11.5. The number of hydrogen-bond donors (Lipinski definition) is 1. The highest BCUT2D eigenvalue weighted by Gasteiger charge is 2.18. The van der Waals surface area contributed by atoms with E-state index in [0.29, 0.717) is 10.9 Å². The second kappa shape index (κ2) is 5.46. The fourth-order valence-electron chi connectivity index (χ4n) is 1.23. The third-order valence-electron chi connectivity index (χ3n) is 1.89. The summed E-state index contributed by atoms with van der Waals surface area (Å²) in [5.41, 5.74) is -0.300. The van der Waals surface area contributed by atoms with E-state index in [4.69, 9.17) is 0 Å². The third-order valence-corrected chi connectivity index (χ3v) is 3.86. The summed E-state index contributed by atoms with van der Waals surface area (Å²) >= 11 is 3.09. The summed E-state index contributed by atoms with van der Waals surface area (Å²) in [4.78, 5) is 10.1. The summed E-state index contributed by atoms with van der Waals surface area (Å²) in [6, 6.07) is 4.15. The quantitative estimate of drug-likeness (QED) is 0.666. The first-order chi connectivity index (χ1) is 7.85. The van der Waals surface area contributed by atoms with Gasteiger partial charge in [-0.3, -0.25) is 14.8 Å². The van der Waals surface area contributed by atoms with Crippen LogP contribution in [0.2, 0.25) is 0 Å². The summed E-state index contributed by atoms with van der Waals surface area (Å²) in [6.45, 7) is 1.72. The Morgan fingerprint density at radius 2 is 2.12 bits per heavy atom. The molecule has 1 N–H and O–H groups in total.